The SMILES string of the molecule is O=S(=O)(Cl)c1ccc2c(c1)=C1N=CCN1C=CC=2. The second-order valence-electron chi connectivity index (χ2n) is 3.98. The van der Waals surface area contributed by atoms with Crippen molar-refractivity contribution < 1.29 is 8.42 Å². The Hall–Kier alpha value is -1.59. The fraction of sp³-hybridized carbons (Fsp3) is 0.0833. The summed E-state index contributed by atoms with van der Waals surface area (Å²) in [5.41, 5.74) is 0. The smallest absolute Gasteiger partial charge is 0.261 e. The predicted molar refractivity (Wildman–Crippen MR) is 70.9 cm³/mol. The molecular formula is C12H9ClN2O2S. The van der Waals surface area contributed by atoms with Crippen LogP contribution in [0.4, 0.5) is 0 Å². The van der Waals surface area contributed by atoms with E-state index in [2.05, 4.69) is 4.99 Å². The molecule has 6 heteroatoms. The van der Waals surface area contributed by atoms with Gasteiger partial charge in [-0.3, -0.25) is 0 Å². The van der Waals surface area contributed by atoms with E-state index in [1.54, 1.807) is 18.3 Å². The molecule has 0 N–H and O–H groups in total. The molecule has 0 atom stereocenters. The molecule has 2 aliphatic rings. The van der Waals surface area contributed by atoms with Gasteiger partial charge in [0, 0.05) is 28.3 Å². The summed E-state index contributed by atoms with van der Waals surface area (Å²) in [4.78, 5) is 6.33. The lowest BCUT2D eigenvalue weighted by atomic mass is 10.2. The number of halogens is 1. The van der Waals surface area contributed by atoms with Gasteiger partial charge in [-0.2, -0.15) is 0 Å². The molecule has 4 nitrogen and oxygen atoms in total. The van der Waals surface area contributed by atoms with Crippen molar-refractivity contribution in [1.29, 1.82) is 0 Å². The Labute approximate surface area is 109 Å². The number of benzene rings is 1. The first kappa shape index (κ1) is 11.5. The second kappa shape index (κ2) is 3.96. The molecule has 0 spiro atoms. The minimum Gasteiger partial charge on any atom is -0.327 e. The fourth-order valence-corrected chi connectivity index (χ4v) is 2.79. The Morgan fingerprint density at radius 2 is 2.17 bits per heavy atom. The third kappa shape index (κ3) is 1.85. The van der Waals surface area contributed by atoms with Crippen LogP contribution in [0.1, 0.15) is 0 Å². The summed E-state index contributed by atoms with van der Waals surface area (Å²) in [7, 11) is 1.65. The summed E-state index contributed by atoms with van der Waals surface area (Å²) >= 11 is 0. The summed E-state index contributed by atoms with van der Waals surface area (Å²) in [6.45, 7) is 0.691. The van der Waals surface area contributed by atoms with E-state index in [1.165, 1.54) is 6.07 Å². The van der Waals surface area contributed by atoms with Gasteiger partial charge in [0.2, 0.25) is 0 Å². The van der Waals surface area contributed by atoms with E-state index in [-0.39, 0.29) is 4.90 Å². The molecule has 0 unspecified atom stereocenters. The Kier molecular flexibility index (Phi) is 2.53. The lowest BCUT2D eigenvalue weighted by Gasteiger charge is -2.11. The number of rotatable bonds is 1. The van der Waals surface area contributed by atoms with E-state index in [9.17, 15) is 8.42 Å². The lowest BCUT2D eigenvalue weighted by Crippen LogP contribution is -2.29. The topological polar surface area (TPSA) is 49.7 Å². The van der Waals surface area contributed by atoms with Crippen LogP contribution in [0, 0.1) is 0 Å². The summed E-state index contributed by atoms with van der Waals surface area (Å²) in [6, 6.07) is 4.80. The molecule has 0 amide bonds. The predicted octanol–water partition coefficient (Wildman–Crippen LogP) is 0.374. The van der Waals surface area contributed by atoms with Gasteiger partial charge in [0.15, 0.2) is 0 Å². The van der Waals surface area contributed by atoms with Crippen LogP contribution in [0.2, 0.25) is 0 Å². The van der Waals surface area contributed by atoms with Crippen molar-refractivity contribution >= 4 is 37.8 Å². The van der Waals surface area contributed by atoms with E-state index in [1.807, 2.05) is 23.3 Å². The molecule has 0 saturated heterocycles. The number of hydrogen-bond acceptors (Lipinski definition) is 4. The summed E-state index contributed by atoms with van der Waals surface area (Å²) in [5, 5.41) is 1.70. The Balaban J connectivity index is 2.40. The van der Waals surface area contributed by atoms with Crippen molar-refractivity contribution in [3.8, 4) is 0 Å². The molecule has 92 valence electrons. The molecule has 0 saturated carbocycles. The molecule has 1 aromatic rings. The van der Waals surface area contributed by atoms with Crippen molar-refractivity contribution in [3.63, 3.8) is 0 Å². The van der Waals surface area contributed by atoms with Gasteiger partial charge in [-0.05, 0) is 23.4 Å². The van der Waals surface area contributed by atoms with Gasteiger partial charge in [0.05, 0.1) is 11.4 Å². The maximum atomic E-state index is 11.4. The highest BCUT2D eigenvalue weighted by atomic mass is 35.7. The van der Waals surface area contributed by atoms with E-state index >= 15 is 0 Å². The van der Waals surface area contributed by atoms with E-state index in [4.69, 9.17) is 10.7 Å². The number of aliphatic imine (C=N–C) groups is 1. The molecular weight excluding hydrogens is 272 g/mol. The van der Waals surface area contributed by atoms with Gasteiger partial charge in [-0.1, -0.05) is 12.1 Å². The first-order valence-corrected chi connectivity index (χ1v) is 7.63. The van der Waals surface area contributed by atoms with Crippen LogP contribution in [0.3, 0.4) is 0 Å². The number of fused-ring (bicyclic) bond motifs is 2. The van der Waals surface area contributed by atoms with Crippen molar-refractivity contribution in [1.82, 2.24) is 4.90 Å². The van der Waals surface area contributed by atoms with Gasteiger partial charge in [0.25, 0.3) is 9.05 Å². The first-order chi connectivity index (χ1) is 8.55. The summed E-state index contributed by atoms with van der Waals surface area (Å²) in [5.74, 6) is 0.747. The quantitative estimate of drug-likeness (QED) is 0.699. The van der Waals surface area contributed by atoms with Crippen LogP contribution in [0.5, 0.6) is 0 Å². The van der Waals surface area contributed by atoms with Crippen LogP contribution < -0.4 is 10.4 Å². The molecule has 0 aliphatic carbocycles. The third-order valence-corrected chi connectivity index (χ3v) is 4.20. The van der Waals surface area contributed by atoms with Gasteiger partial charge in [-0.25, -0.2) is 13.4 Å². The Bertz CT molecular complexity index is 794. The normalized spacial score (nSPS) is 17.2. The van der Waals surface area contributed by atoms with Crippen molar-refractivity contribution in [2.75, 3.05) is 6.54 Å². The highest BCUT2D eigenvalue weighted by Crippen LogP contribution is 2.14. The van der Waals surface area contributed by atoms with Gasteiger partial charge in [-0.15, -0.1) is 0 Å². The summed E-state index contributed by atoms with van der Waals surface area (Å²) < 4.78 is 22.8. The van der Waals surface area contributed by atoms with Gasteiger partial charge >= 0.3 is 0 Å². The van der Waals surface area contributed by atoms with E-state index in [0.717, 1.165) is 16.3 Å². The molecule has 0 bridgehead atoms. The van der Waals surface area contributed by atoms with Crippen LogP contribution in [-0.4, -0.2) is 26.1 Å². The van der Waals surface area contributed by atoms with Crippen LogP contribution in [0.15, 0.2) is 40.4 Å². The van der Waals surface area contributed by atoms with Crippen molar-refractivity contribution in [2.24, 2.45) is 4.99 Å². The zero-order valence-electron chi connectivity index (χ0n) is 9.25. The average Bonchev–Trinajstić information content (AvgIpc) is 2.70. The standard InChI is InChI=1S/C12H9ClN2O2S/c13-18(16,17)10-4-3-9-2-1-6-15-7-5-14-12(15)11(9)8-10/h1-6,8H,7H2. The van der Waals surface area contributed by atoms with E-state index in [0.29, 0.717) is 6.54 Å². The number of allylic oxidation sites excluding steroid dienone is 1. The van der Waals surface area contributed by atoms with Crippen LogP contribution in [-0.2, 0) is 9.05 Å². The minimum atomic E-state index is -3.72. The average molecular weight is 281 g/mol. The van der Waals surface area contributed by atoms with Crippen molar-refractivity contribution in [2.45, 2.75) is 4.90 Å². The minimum absolute atomic E-state index is 0.0905. The molecule has 1 aromatic carbocycles. The fourth-order valence-electron chi connectivity index (χ4n) is 2.01. The third-order valence-electron chi connectivity index (χ3n) is 2.85. The molecule has 3 rings (SSSR count). The molecule has 0 radical (unpaired) electrons. The maximum absolute atomic E-state index is 11.4. The number of hydrogen-bond donors (Lipinski definition) is 0. The molecule has 0 fully saturated rings. The Morgan fingerprint density at radius 1 is 1.33 bits per heavy atom. The molecule has 0 aromatic heterocycles. The number of nitrogens with zero attached hydrogens (tertiary/aromatic N) is 2. The molecule has 2 aliphatic heterocycles. The molecule has 18 heavy (non-hydrogen) atoms. The zero-order valence-corrected chi connectivity index (χ0v) is 10.8. The zero-order chi connectivity index (χ0) is 12.8. The van der Waals surface area contributed by atoms with E-state index < -0.39 is 9.05 Å². The maximum Gasteiger partial charge on any atom is 0.261 e. The van der Waals surface area contributed by atoms with Gasteiger partial charge in [0.1, 0.15) is 5.82 Å². The first-order valence-electron chi connectivity index (χ1n) is 5.32. The van der Waals surface area contributed by atoms with Crippen LogP contribution >= 0.6 is 10.7 Å². The largest absolute Gasteiger partial charge is 0.327 e. The highest BCUT2D eigenvalue weighted by Gasteiger charge is 2.15. The van der Waals surface area contributed by atoms with Crippen LogP contribution in [0.25, 0.3) is 11.9 Å². The van der Waals surface area contributed by atoms with Gasteiger partial charge < -0.3 is 4.90 Å². The van der Waals surface area contributed by atoms with Crippen molar-refractivity contribution in [3.05, 3.63) is 40.9 Å². The lowest BCUT2D eigenvalue weighted by molar-refractivity contribution is 0.609. The monoisotopic (exact) mass is 280 g/mol. The molecule has 2 heterocycles. The second-order valence-corrected chi connectivity index (χ2v) is 6.55. The Morgan fingerprint density at radius 3 is 2.94 bits per heavy atom. The summed E-state index contributed by atoms with van der Waals surface area (Å²) in [6.07, 6.45) is 7.53. The highest BCUT2D eigenvalue weighted by molar-refractivity contribution is 8.13.